The van der Waals surface area contributed by atoms with Crippen molar-refractivity contribution in [3.05, 3.63) is 96.8 Å². The molecule has 1 amide bonds. The lowest BCUT2D eigenvalue weighted by atomic mass is 10.1. The zero-order valence-electron chi connectivity index (χ0n) is 13.0. The second-order valence-corrected chi connectivity index (χ2v) is 5.59. The summed E-state index contributed by atoms with van der Waals surface area (Å²) in [6.07, 6.45) is 4.01. The number of anilines is 1. The molecule has 1 heterocycles. The lowest BCUT2D eigenvalue weighted by Gasteiger charge is -2.13. The van der Waals surface area contributed by atoms with E-state index in [1.807, 2.05) is 73.1 Å². The van der Waals surface area contributed by atoms with Crippen LogP contribution < -0.4 is 5.32 Å². The molecule has 0 saturated heterocycles. The van der Waals surface area contributed by atoms with E-state index in [0.29, 0.717) is 5.56 Å². The molecular formula is C21H16N2O. The van der Waals surface area contributed by atoms with E-state index >= 15 is 0 Å². The zero-order chi connectivity index (χ0) is 16.4. The predicted octanol–water partition coefficient (Wildman–Crippen LogP) is 4.88. The van der Waals surface area contributed by atoms with Crippen LogP contribution in [0.15, 0.2) is 91.3 Å². The molecule has 1 aromatic heterocycles. The van der Waals surface area contributed by atoms with Crippen LogP contribution in [-0.2, 0) is 0 Å². The fraction of sp³-hybridized carbons (Fsp3) is 0. The Morgan fingerprint density at radius 2 is 1.46 bits per heavy atom. The minimum atomic E-state index is -0.106. The van der Waals surface area contributed by atoms with E-state index in [-0.39, 0.29) is 5.91 Å². The molecule has 4 aromatic rings. The summed E-state index contributed by atoms with van der Waals surface area (Å²) < 4.78 is 2.06. The summed E-state index contributed by atoms with van der Waals surface area (Å²) in [5.41, 5.74) is 2.50. The van der Waals surface area contributed by atoms with Crippen molar-refractivity contribution < 1.29 is 4.79 Å². The van der Waals surface area contributed by atoms with Gasteiger partial charge in [-0.1, -0.05) is 42.5 Å². The van der Waals surface area contributed by atoms with Crippen molar-refractivity contribution in [2.75, 3.05) is 5.32 Å². The number of rotatable bonds is 3. The average molecular weight is 312 g/mol. The predicted molar refractivity (Wildman–Crippen MR) is 97.7 cm³/mol. The van der Waals surface area contributed by atoms with Crippen LogP contribution in [0.25, 0.3) is 16.5 Å². The van der Waals surface area contributed by atoms with Gasteiger partial charge in [0.25, 0.3) is 5.91 Å². The summed E-state index contributed by atoms with van der Waals surface area (Å²) in [7, 11) is 0. The summed E-state index contributed by atoms with van der Waals surface area (Å²) in [5.74, 6) is -0.106. The highest BCUT2D eigenvalue weighted by Crippen LogP contribution is 2.30. The minimum absolute atomic E-state index is 0.106. The Balaban J connectivity index is 1.83. The van der Waals surface area contributed by atoms with Crippen LogP contribution in [-0.4, -0.2) is 10.5 Å². The second-order valence-electron chi connectivity index (χ2n) is 5.59. The molecule has 0 spiro atoms. The Morgan fingerprint density at radius 1 is 0.750 bits per heavy atom. The first-order chi connectivity index (χ1) is 11.8. The highest BCUT2D eigenvalue weighted by Gasteiger charge is 2.11. The van der Waals surface area contributed by atoms with Crippen molar-refractivity contribution >= 4 is 22.4 Å². The zero-order valence-corrected chi connectivity index (χ0v) is 13.0. The van der Waals surface area contributed by atoms with Gasteiger partial charge in [-0.15, -0.1) is 0 Å². The van der Waals surface area contributed by atoms with E-state index in [1.54, 1.807) is 0 Å². The monoisotopic (exact) mass is 312 g/mol. The first-order valence-electron chi connectivity index (χ1n) is 7.84. The molecule has 4 rings (SSSR count). The van der Waals surface area contributed by atoms with E-state index in [9.17, 15) is 4.79 Å². The molecular weight excluding hydrogens is 296 g/mol. The standard InChI is InChI=1S/C21H16N2O/c24-21(17-8-2-1-3-9-17)22-18-12-6-10-16-11-7-13-19(20(16)18)23-14-4-5-15-23/h1-15H,(H,22,24). The normalized spacial score (nSPS) is 10.7. The van der Waals surface area contributed by atoms with Crippen LogP contribution in [0, 0.1) is 0 Å². The number of aromatic nitrogens is 1. The van der Waals surface area contributed by atoms with Crippen molar-refractivity contribution in [2.45, 2.75) is 0 Å². The van der Waals surface area contributed by atoms with Crippen LogP contribution in [0.4, 0.5) is 5.69 Å². The first kappa shape index (κ1) is 14.3. The number of benzene rings is 3. The molecule has 0 aliphatic carbocycles. The van der Waals surface area contributed by atoms with Gasteiger partial charge in [0.05, 0.1) is 11.4 Å². The van der Waals surface area contributed by atoms with Gasteiger partial charge in [0.2, 0.25) is 0 Å². The molecule has 0 aliphatic heterocycles. The molecule has 3 aromatic carbocycles. The number of nitrogens with zero attached hydrogens (tertiary/aromatic N) is 1. The maximum atomic E-state index is 12.5. The molecule has 24 heavy (non-hydrogen) atoms. The molecule has 0 atom stereocenters. The Kier molecular flexibility index (Phi) is 3.60. The average Bonchev–Trinajstić information content (AvgIpc) is 3.17. The lowest BCUT2D eigenvalue weighted by molar-refractivity contribution is 0.102. The molecule has 3 heteroatoms. The Labute approximate surface area is 140 Å². The number of carbonyl (C=O) groups is 1. The number of hydrogen-bond acceptors (Lipinski definition) is 1. The fourth-order valence-electron chi connectivity index (χ4n) is 2.92. The van der Waals surface area contributed by atoms with Gasteiger partial charge in [-0.25, -0.2) is 0 Å². The van der Waals surface area contributed by atoms with E-state index in [0.717, 1.165) is 22.1 Å². The van der Waals surface area contributed by atoms with E-state index in [2.05, 4.69) is 28.1 Å². The summed E-state index contributed by atoms with van der Waals surface area (Å²) in [6.45, 7) is 0. The van der Waals surface area contributed by atoms with Gasteiger partial charge in [0, 0.05) is 23.3 Å². The summed E-state index contributed by atoms with van der Waals surface area (Å²) >= 11 is 0. The van der Waals surface area contributed by atoms with Crippen LogP contribution in [0.1, 0.15) is 10.4 Å². The largest absolute Gasteiger partial charge is 0.323 e. The third-order valence-corrected chi connectivity index (χ3v) is 4.05. The minimum Gasteiger partial charge on any atom is -0.323 e. The molecule has 3 nitrogen and oxygen atoms in total. The number of hydrogen-bond donors (Lipinski definition) is 1. The molecule has 0 unspecified atom stereocenters. The van der Waals surface area contributed by atoms with Crippen molar-refractivity contribution in [2.24, 2.45) is 0 Å². The van der Waals surface area contributed by atoms with Gasteiger partial charge in [-0.2, -0.15) is 0 Å². The smallest absolute Gasteiger partial charge is 0.255 e. The van der Waals surface area contributed by atoms with Crippen LogP contribution in [0.5, 0.6) is 0 Å². The second kappa shape index (κ2) is 6.05. The third-order valence-electron chi connectivity index (χ3n) is 4.05. The van der Waals surface area contributed by atoms with E-state index < -0.39 is 0 Å². The fourth-order valence-corrected chi connectivity index (χ4v) is 2.92. The number of carbonyl (C=O) groups excluding carboxylic acids is 1. The van der Waals surface area contributed by atoms with Crippen LogP contribution >= 0.6 is 0 Å². The maximum absolute atomic E-state index is 12.5. The van der Waals surface area contributed by atoms with Gasteiger partial charge in [-0.3, -0.25) is 4.79 Å². The Hall–Kier alpha value is -3.33. The highest BCUT2D eigenvalue weighted by molar-refractivity contribution is 6.11. The van der Waals surface area contributed by atoms with Crippen molar-refractivity contribution in [3.63, 3.8) is 0 Å². The van der Waals surface area contributed by atoms with Gasteiger partial charge in [-0.05, 0) is 41.8 Å². The molecule has 0 fully saturated rings. The Morgan fingerprint density at radius 3 is 2.21 bits per heavy atom. The summed E-state index contributed by atoms with van der Waals surface area (Å²) in [4.78, 5) is 12.5. The molecule has 0 bridgehead atoms. The van der Waals surface area contributed by atoms with Crippen LogP contribution in [0.2, 0.25) is 0 Å². The van der Waals surface area contributed by atoms with E-state index in [4.69, 9.17) is 0 Å². The van der Waals surface area contributed by atoms with Crippen molar-refractivity contribution in [1.29, 1.82) is 0 Å². The topological polar surface area (TPSA) is 34.0 Å². The van der Waals surface area contributed by atoms with Crippen molar-refractivity contribution in [3.8, 4) is 5.69 Å². The van der Waals surface area contributed by atoms with Gasteiger partial charge in [0.1, 0.15) is 0 Å². The summed E-state index contributed by atoms with van der Waals surface area (Å²) in [6, 6.07) is 25.3. The molecule has 0 aliphatic rings. The van der Waals surface area contributed by atoms with Gasteiger partial charge in [0.15, 0.2) is 0 Å². The highest BCUT2D eigenvalue weighted by atomic mass is 16.1. The quantitative estimate of drug-likeness (QED) is 0.574. The third kappa shape index (κ3) is 2.57. The molecule has 0 radical (unpaired) electrons. The SMILES string of the molecule is O=C(Nc1cccc2cccc(-n3cccc3)c12)c1ccccc1. The maximum Gasteiger partial charge on any atom is 0.255 e. The first-order valence-corrected chi connectivity index (χ1v) is 7.84. The van der Waals surface area contributed by atoms with Crippen LogP contribution in [0.3, 0.4) is 0 Å². The lowest BCUT2D eigenvalue weighted by Crippen LogP contribution is -2.12. The summed E-state index contributed by atoms with van der Waals surface area (Å²) in [5, 5.41) is 5.17. The van der Waals surface area contributed by atoms with Gasteiger partial charge < -0.3 is 9.88 Å². The molecule has 1 N–H and O–H groups in total. The molecule has 0 saturated carbocycles. The Bertz CT molecular complexity index is 984. The number of nitrogens with one attached hydrogen (secondary N) is 1. The van der Waals surface area contributed by atoms with Crippen molar-refractivity contribution in [1.82, 2.24) is 4.57 Å². The number of amides is 1. The molecule has 116 valence electrons. The van der Waals surface area contributed by atoms with Gasteiger partial charge >= 0.3 is 0 Å². The number of fused-ring (bicyclic) bond motifs is 1. The van der Waals surface area contributed by atoms with E-state index in [1.165, 1.54) is 0 Å².